The quantitative estimate of drug-likeness (QED) is 0.432. The number of aromatic nitrogens is 2. The van der Waals surface area contributed by atoms with E-state index in [0.29, 0.717) is 19.5 Å². The van der Waals surface area contributed by atoms with Crippen LogP contribution in [0.2, 0.25) is 0 Å². The van der Waals surface area contributed by atoms with E-state index in [1.54, 1.807) is 4.90 Å². The number of likely N-dealkylation sites (N-methyl/N-ethyl adjacent to an activating group) is 1. The SMILES string of the molecule is Cc1cccc(N2CC(c3nc4ccccc4n3CC(=O)N(C)Cc3ccccc3)CC2=O)c1. The van der Waals surface area contributed by atoms with Crippen molar-refractivity contribution in [1.29, 1.82) is 0 Å². The highest BCUT2D eigenvalue weighted by Crippen LogP contribution is 2.33. The zero-order valence-electron chi connectivity index (χ0n) is 19.5. The van der Waals surface area contributed by atoms with Crippen LogP contribution in [0.25, 0.3) is 11.0 Å². The van der Waals surface area contributed by atoms with Gasteiger partial charge in [-0.05, 0) is 42.3 Å². The van der Waals surface area contributed by atoms with Crippen molar-refractivity contribution >= 4 is 28.5 Å². The second-order valence-electron chi connectivity index (χ2n) is 9.02. The number of benzene rings is 3. The molecular formula is C28H28N4O2. The number of fused-ring (bicyclic) bond motifs is 1. The molecule has 172 valence electrons. The average molecular weight is 453 g/mol. The van der Waals surface area contributed by atoms with Crippen LogP contribution in [0.3, 0.4) is 0 Å². The molecule has 0 saturated carbocycles. The van der Waals surface area contributed by atoms with E-state index in [9.17, 15) is 9.59 Å². The van der Waals surface area contributed by atoms with Gasteiger partial charge in [-0.3, -0.25) is 9.59 Å². The molecule has 1 aliphatic heterocycles. The Bertz CT molecular complexity index is 1350. The minimum atomic E-state index is -0.0763. The zero-order chi connectivity index (χ0) is 23.7. The Kier molecular flexibility index (Phi) is 5.88. The van der Waals surface area contributed by atoms with Crippen LogP contribution in [0, 0.1) is 6.92 Å². The largest absolute Gasteiger partial charge is 0.340 e. The van der Waals surface area contributed by atoms with Crippen molar-refractivity contribution in [1.82, 2.24) is 14.5 Å². The van der Waals surface area contributed by atoms with Gasteiger partial charge in [0.1, 0.15) is 12.4 Å². The van der Waals surface area contributed by atoms with Crippen LogP contribution in [-0.2, 0) is 22.7 Å². The number of imidazole rings is 1. The Balaban J connectivity index is 1.42. The minimum Gasteiger partial charge on any atom is -0.340 e. The molecule has 1 aromatic heterocycles. The molecule has 34 heavy (non-hydrogen) atoms. The van der Waals surface area contributed by atoms with Gasteiger partial charge in [0.15, 0.2) is 0 Å². The number of aryl methyl sites for hydroxylation is 1. The lowest BCUT2D eigenvalue weighted by Crippen LogP contribution is -2.30. The highest BCUT2D eigenvalue weighted by molar-refractivity contribution is 5.96. The topological polar surface area (TPSA) is 58.4 Å². The van der Waals surface area contributed by atoms with Crippen LogP contribution in [0.15, 0.2) is 78.9 Å². The fourth-order valence-corrected chi connectivity index (χ4v) is 4.70. The smallest absolute Gasteiger partial charge is 0.242 e. The number of nitrogens with zero attached hydrogens (tertiary/aromatic N) is 4. The van der Waals surface area contributed by atoms with Gasteiger partial charge in [0, 0.05) is 38.2 Å². The number of carbonyl (C=O) groups is 2. The third-order valence-corrected chi connectivity index (χ3v) is 6.47. The van der Waals surface area contributed by atoms with E-state index < -0.39 is 0 Å². The maximum atomic E-state index is 13.2. The summed E-state index contributed by atoms with van der Waals surface area (Å²) in [6.07, 6.45) is 0.380. The van der Waals surface area contributed by atoms with Gasteiger partial charge in [-0.15, -0.1) is 0 Å². The van der Waals surface area contributed by atoms with Gasteiger partial charge in [0.25, 0.3) is 0 Å². The van der Waals surface area contributed by atoms with E-state index >= 15 is 0 Å². The molecule has 1 unspecified atom stereocenters. The number of amides is 2. The van der Waals surface area contributed by atoms with Crippen LogP contribution in [0.1, 0.15) is 29.3 Å². The van der Waals surface area contributed by atoms with Crippen LogP contribution in [-0.4, -0.2) is 39.9 Å². The van der Waals surface area contributed by atoms with E-state index in [0.717, 1.165) is 33.7 Å². The second kappa shape index (κ2) is 9.14. The molecular weight excluding hydrogens is 424 g/mol. The van der Waals surface area contributed by atoms with Gasteiger partial charge in [-0.25, -0.2) is 4.98 Å². The normalized spacial score (nSPS) is 15.8. The van der Waals surface area contributed by atoms with Gasteiger partial charge in [0.2, 0.25) is 11.8 Å². The van der Waals surface area contributed by atoms with E-state index in [-0.39, 0.29) is 24.3 Å². The summed E-state index contributed by atoms with van der Waals surface area (Å²) in [5.74, 6) is 0.814. The van der Waals surface area contributed by atoms with Crippen molar-refractivity contribution < 1.29 is 9.59 Å². The van der Waals surface area contributed by atoms with Crippen molar-refractivity contribution in [2.45, 2.75) is 32.4 Å². The molecule has 5 rings (SSSR count). The molecule has 1 aliphatic rings. The van der Waals surface area contributed by atoms with E-state index in [1.807, 2.05) is 102 Å². The summed E-state index contributed by atoms with van der Waals surface area (Å²) in [7, 11) is 1.83. The van der Waals surface area contributed by atoms with Crippen molar-refractivity contribution in [2.75, 3.05) is 18.5 Å². The summed E-state index contributed by atoms with van der Waals surface area (Å²) in [6.45, 7) is 3.32. The lowest BCUT2D eigenvalue weighted by atomic mass is 10.1. The standard InChI is InChI=1S/C28H28N4O2/c1-20-9-8-12-23(15-20)31-18-22(16-26(31)33)28-29-24-13-6-7-14-25(24)32(28)19-27(34)30(2)17-21-10-4-3-5-11-21/h3-15,22H,16-19H2,1-2H3. The van der Waals surface area contributed by atoms with E-state index in [4.69, 9.17) is 4.98 Å². The van der Waals surface area contributed by atoms with Gasteiger partial charge in [-0.2, -0.15) is 0 Å². The summed E-state index contributed by atoms with van der Waals surface area (Å²) >= 11 is 0. The van der Waals surface area contributed by atoms with Gasteiger partial charge >= 0.3 is 0 Å². The van der Waals surface area contributed by atoms with Crippen LogP contribution < -0.4 is 4.90 Å². The first-order chi connectivity index (χ1) is 16.5. The fourth-order valence-electron chi connectivity index (χ4n) is 4.70. The van der Waals surface area contributed by atoms with Crippen molar-refractivity contribution in [3.8, 4) is 0 Å². The summed E-state index contributed by atoms with van der Waals surface area (Å²) in [5.41, 5.74) is 4.88. The van der Waals surface area contributed by atoms with E-state index in [2.05, 4.69) is 0 Å². The lowest BCUT2D eigenvalue weighted by molar-refractivity contribution is -0.131. The molecule has 0 N–H and O–H groups in total. The Labute approximate surface area is 199 Å². The monoisotopic (exact) mass is 452 g/mol. The Morgan fingerprint density at radius 3 is 2.59 bits per heavy atom. The maximum Gasteiger partial charge on any atom is 0.242 e. The Morgan fingerprint density at radius 1 is 1.03 bits per heavy atom. The highest BCUT2D eigenvalue weighted by atomic mass is 16.2. The van der Waals surface area contributed by atoms with Crippen molar-refractivity contribution in [3.63, 3.8) is 0 Å². The van der Waals surface area contributed by atoms with Crippen molar-refractivity contribution in [2.24, 2.45) is 0 Å². The minimum absolute atomic E-state index is 0.00752. The Hall–Kier alpha value is -3.93. The molecule has 1 saturated heterocycles. The molecule has 2 amide bonds. The first kappa shape index (κ1) is 21.9. The molecule has 0 spiro atoms. The molecule has 3 aromatic carbocycles. The maximum absolute atomic E-state index is 13.2. The first-order valence-electron chi connectivity index (χ1n) is 11.6. The van der Waals surface area contributed by atoms with Crippen LogP contribution in [0.4, 0.5) is 5.69 Å². The molecule has 0 radical (unpaired) electrons. The predicted molar refractivity (Wildman–Crippen MR) is 134 cm³/mol. The third kappa shape index (κ3) is 4.31. The number of carbonyl (C=O) groups excluding carboxylic acids is 2. The molecule has 0 bridgehead atoms. The van der Waals surface area contributed by atoms with Crippen LogP contribution >= 0.6 is 0 Å². The summed E-state index contributed by atoms with van der Waals surface area (Å²) in [6, 6.07) is 25.8. The number of para-hydroxylation sites is 2. The molecule has 2 heterocycles. The van der Waals surface area contributed by atoms with Crippen molar-refractivity contribution in [3.05, 3.63) is 95.8 Å². The summed E-state index contributed by atoms with van der Waals surface area (Å²) in [5, 5.41) is 0. The molecule has 4 aromatic rings. The average Bonchev–Trinajstić information content (AvgIpc) is 3.40. The molecule has 0 aliphatic carbocycles. The predicted octanol–water partition coefficient (Wildman–Crippen LogP) is 4.52. The number of rotatable bonds is 6. The third-order valence-electron chi connectivity index (χ3n) is 6.47. The summed E-state index contributed by atoms with van der Waals surface area (Å²) in [4.78, 5) is 34.6. The van der Waals surface area contributed by atoms with Gasteiger partial charge in [-0.1, -0.05) is 54.6 Å². The Morgan fingerprint density at radius 2 is 1.79 bits per heavy atom. The first-order valence-corrected chi connectivity index (χ1v) is 11.6. The molecule has 1 fully saturated rings. The van der Waals surface area contributed by atoms with Gasteiger partial charge < -0.3 is 14.4 Å². The highest BCUT2D eigenvalue weighted by Gasteiger charge is 2.35. The fraction of sp³-hybridized carbons (Fsp3) is 0.250. The number of hydrogen-bond acceptors (Lipinski definition) is 3. The molecule has 1 atom stereocenters. The number of hydrogen-bond donors (Lipinski definition) is 0. The number of anilines is 1. The molecule has 6 nitrogen and oxygen atoms in total. The van der Waals surface area contributed by atoms with Crippen LogP contribution in [0.5, 0.6) is 0 Å². The van der Waals surface area contributed by atoms with Gasteiger partial charge in [0.05, 0.1) is 11.0 Å². The summed E-state index contributed by atoms with van der Waals surface area (Å²) < 4.78 is 2.00. The molecule has 6 heteroatoms. The zero-order valence-corrected chi connectivity index (χ0v) is 19.5. The lowest BCUT2D eigenvalue weighted by Gasteiger charge is -2.20. The second-order valence-corrected chi connectivity index (χ2v) is 9.02. The van der Waals surface area contributed by atoms with E-state index in [1.165, 1.54) is 0 Å².